The number of pyridine rings is 1. The number of rotatable bonds is 6. The molecule has 1 N–H and O–H groups in total. The van der Waals surface area contributed by atoms with E-state index in [-0.39, 0.29) is 5.91 Å². The molecule has 1 aromatic heterocycles. The quantitative estimate of drug-likeness (QED) is 0.410. The van der Waals surface area contributed by atoms with Crippen molar-refractivity contribution < 1.29 is 4.79 Å². The molecule has 4 heteroatoms. The standard InChI is InChI=1S/C27H38N2OSi/c1-19(2)31(20(3)4,21(5)6)18-16-23-14-12-13-22(7)25(23)26(30)29-27(8,9)24-15-10-11-17-28-24/h10-15,17,19-21H,1-9H3,(H,29,30). The van der Waals surface area contributed by atoms with E-state index in [1.54, 1.807) is 6.20 Å². The van der Waals surface area contributed by atoms with Crippen molar-refractivity contribution in [1.82, 2.24) is 10.3 Å². The summed E-state index contributed by atoms with van der Waals surface area (Å²) in [6.45, 7) is 19.8. The minimum atomic E-state index is -1.89. The number of carbonyl (C=O) groups is 1. The van der Waals surface area contributed by atoms with Crippen LogP contribution in [0.15, 0.2) is 42.6 Å². The number of aryl methyl sites for hydroxylation is 1. The molecule has 0 saturated carbocycles. The highest BCUT2D eigenvalue weighted by molar-refractivity contribution is 6.90. The zero-order valence-corrected chi connectivity index (χ0v) is 21.6. The van der Waals surface area contributed by atoms with Gasteiger partial charge in [-0.15, -0.1) is 5.54 Å². The van der Waals surface area contributed by atoms with Crippen molar-refractivity contribution in [2.45, 2.75) is 84.5 Å². The summed E-state index contributed by atoms with van der Waals surface area (Å²) in [5, 5.41) is 3.18. The Balaban J connectivity index is 2.50. The van der Waals surface area contributed by atoms with Gasteiger partial charge in [0.15, 0.2) is 0 Å². The normalized spacial score (nSPS) is 12.1. The summed E-state index contributed by atoms with van der Waals surface area (Å²) < 4.78 is 0. The average Bonchev–Trinajstić information content (AvgIpc) is 2.68. The fourth-order valence-corrected chi connectivity index (χ4v) is 10.0. The van der Waals surface area contributed by atoms with Crippen LogP contribution >= 0.6 is 0 Å². The maximum atomic E-state index is 13.4. The number of hydrogen-bond donors (Lipinski definition) is 1. The van der Waals surface area contributed by atoms with E-state index in [0.717, 1.165) is 16.8 Å². The van der Waals surface area contributed by atoms with Crippen LogP contribution in [-0.4, -0.2) is 19.0 Å². The molecule has 0 aliphatic carbocycles. The number of amides is 1. The van der Waals surface area contributed by atoms with E-state index in [1.165, 1.54) is 0 Å². The maximum absolute atomic E-state index is 13.4. The van der Waals surface area contributed by atoms with Crippen molar-refractivity contribution in [3.63, 3.8) is 0 Å². The van der Waals surface area contributed by atoms with Crippen LogP contribution < -0.4 is 5.32 Å². The highest BCUT2D eigenvalue weighted by atomic mass is 28.3. The highest BCUT2D eigenvalue weighted by Gasteiger charge is 2.41. The third-order valence-corrected chi connectivity index (χ3v) is 12.8. The van der Waals surface area contributed by atoms with Crippen LogP contribution in [0.4, 0.5) is 0 Å². The predicted octanol–water partition coefficient (Wildman–Crippen LogP) is 6.62. The zero-order chi connectivity index (χ0) is 23.4. The minimum absolute atomic E-state index is 0.107. The van der Waals surface area contributed by atoms with Gasteiger partial charge in [0.2, 0.25) is 0 Å². The summed E-state index contributed by atoms with van der Waals surface area (Å²) >= 11 is 0. The molecule has 166 valence electrons. The fraction of sp³-hybridized carbons (Fsp3) is 0.481. The summed E-state index contributed by atoms with van der Waals surface area (Å²) in [7, 11) is -1.89. The summed E-state index contributed by atoms with van der Waals surface area (Å²) in [5.41, 5.74) is 8.06. The third kappa shape index (κ3) is 5.27. The molecule has 0 unspecified atom stereocenters. The second kappa shape index (κ2) is 9.83. The molecule has 0 spiro atoms. The second-order valence-corrected chi connectivity index (χ2v) is 15.5. The van der Waals surface area contributed by atoms with Crippen molar-refractivity contribution in [3.8, 4) is 11.5 Å². The summed E-state index contributed by atoms with van der Waals surface area (Å²) in [5.74, 6) is 3.37. The van der Waals surface area contributed by atoms with E-state index in [4.69, 9.17) is 0 Å². The first-order valence-corrected chi connectivity index (χ1v) is 13.5. The van der Waals surface area contributed by atoms with E-state index in [0.29, 0.717) is 22.2 Å². The Labute approximate surface area is 190 Å². The Hall–Kier alpha value is -2.38. The van der Waals surface area contributed by atoms with Gasteiger partial charge in [-0.1, -0.05) is 65.7 Å². The van der Waals surface area contributed by atoms with E-state index >= 15 is 0 Å². The van der Waals surface area contributed by atoms with Crippen LogP contribution in [0.3, 0.4) is 0 Å². The predicted molar refractivity (Wildman–Crippen MR) is 134 cm³/mol. The molecule has 3 nitrogen and oxygen atoms in total. The molecule has 0 atom stereocenters. The maximum Gasteiger partial charge on any atom is 0.253 e. The molecular weight excluding hydrogens is 396 g/mol. The molecule has 0 saturated heterocycles. The molecule has 0 aliphatic rings. The minimum Gasteiger partial charge on any atom is -0.341 e. The Morgan fingerprint density at radius 1 is 0.968 bits per heavy atom. The molecule has 1 aromatic carbocycles. The van der Waals surface area contributed by atoms with E-state index in [1.807, 2.05) is 57.2 Å². The Kier molecular flexibility index (Phi) is 7.89. The van der Waals surface area contributed by atoms with Gasteiger partial charge in [-0.3, -0.25) is 9.78 Å². The van der Waals surface area contributed by atoms with Gasteiger partial charge in [-0.2, -0.15) is 0 Å². The van der Waals surface area contributed by atoms with Crippen molar-refractivity contribution in [2.75, 3.05) is 0 Å². The van der Waals surface area contributed by atoms with Crippen molar-refractivity contribution in [3.05, 3.63) is 65.0 Å². The van der Waals surface area contributed by atoms with Gasteiger partial charge in [-0.05, 0) is 61.2 Å². The van der Waals surface area contributed by atoms with Crippen molar-refractivity contribution >= 4 is 14.0 Å². The van der Waals surface area contributed by atoms with Crippen LogP contribution in [0.1, 0.15) is 82.6 Å². The Bertz CT molecular complexity index is 944. The Morgan fingerprint density at radius 2 is 1.58 bits per heavy atom. The van der Waals surface area contributed by atoms with Gasteiger partial charge in [0, 0.05) is 11.8 Å². The van der Waals surface area contributed by atoms with E-state index in [2.05, 4.69) is 63.3 Å². The lowest BCUT2D eigenvalue weighted by Gasteiger charge is -2.38. The first kappa shape index (κ1) is 24.9. The topological polar surface area (TPSA) is 42.0 Å². The van der Waals surface area contributed by atoms with Gasteiger partial charge in [-0.25, -0.2) is 0 Å². The lowest BCUT2D eigenvalue weighted by molar-refractivity contribution is 0.0909. The number of hydrogen-bond acceptors (Lipinski definition) is 2. The molecule has 0 radical (unpaired) electrons. The lowest BCUT2D eigenvalue weighted by atomic mass is 9.96. The molecule has 0 bridgehead atoms. The van der Waals surface area contributed by atoms with Gasteiger partial charge in [0.05, 0.1) is 16.8 Å². The number of nitrogens with zero attached hydrogens (tertiary/aromatic N) is 1. The molecule has 0 fully saturated rings. The average molecular weight is 435 g/mol. The first-order chi connectivity index (χ1) is 14.4. The van der Waals surface area contributed by atoms with Crippen molar-refractivity contribution in [1.29, 1.82) is 0 Å². The molecule has 2 rings (SSSR count). The molecular formula is C27H38N2OSi. The molecule has 31 heavy (non-hydrogen) atoms. The van der Waals surface area contributed by atoms with Gasteiger partial charge in [0.25, 0.3) is 5.91 Å². The first-order valence-electron chi connectivity index (χ1n) is 11.3. The number of nitrogens with one attached hydrogen (secondary N) is 1. The number of aromatic nitrogens is 1. The van der Waals surface area contributed by atoms with Gasteiger partial charge in [0.1, 0.15) is 8.07 Å². The molecule has 1 amide bonds. The smallest absolute Gasteiger partial charge is 0.253 e. The van der Waals surface area contributed by atoms with Gasteiger partial charge >= 0.3 is 0 Å². The number of benzene rings is 1. The third-order valence-electron chi connectivity index (χ3n) is 6.51. The van der Waals surface area contributed by atoms with Crippen LogP contribution in [0.25, 0.3) is 0 Å². The second-order valence-electron chi connectivity index (χ2n) is 9.94. The summed E-state index contributed by atoms with van der Waals surface area (Å²) in [6.07, 6.45) is 1.75. The fourth-order valence-electron chi connectivity index (χ4n) is 4.82. The van der Waals surface area contributed by atoms with Crippen LogP contribution in [0.2, 0.25) is 16.6 Å². The Morgan fingerprint density at radius 3 is 2.10 bits per heavy atom. The summed E-state index contributed by atoms with van der Waals surface area (Å²) in [6, 6.07) is 11.7. The van der Waals surface area contributed by atoms with Crippen LogP contribution in [0.5, 0.6) is 0 Å². The van der Waals surface area contributed by atoms with Crippen LogP contribution in [0, 0.1) is 18.4 Å². The van der Waals surface area contributed by atoms with E-state index < -0.39 is 13.6 Å². The van der Waals surface area contributed by atoms with E-state index in [9.17, 15) is 4.79 Å². The number of carbonyl (C=O) groups excluding carboxylic acids is 1. The zero-order valence-electron chi connectivity index (χ0n) is 20.6. The molecule has 1 heterocycles. The SMILES string of the molecule is Cc1cccc(C#C[Si](C(C)C)(C(C)C)C(C)C)c1C(=O)NC(C)(C)c1ccccn1. The molecule has 2 aromatic rings. The van der Waals surface area contributed by atoms with Crippen molar-refractivity contribution in [2.24, 2.45) is 0 Å². The van der Waals surface area contributed by atoms with Crippen LogP contribution in [-0.2, 0) is 5.54 Å². The van der Waals surface area contributed by atoms with Gasteiger partial charge < -0.3 is 5.32 Å². The monoisotopic (exact) mass is 434 g/mol. The highest BCUT2D eigenvalue weighted by Crippen LogP contribution is 2.40. The molecule has 0 aliphatic heterocycles. The largest absolute Gasteiger partial charge is 0.341 e. The lowest BCUT2D eigenvalue weighted by Crippen LogP contribution is -2.43. The summed E-state index contributed by atoms with van der Waals surface area (Å²) in [4.78, 5) is 17.8.